The van der Waals surface area contributed by atoms with Crippen LogP contribution in [-0.4, -0.2) is 23.1 Å². The maximum Gasteiger partial charge on any atom is 0.170 e. The zero-order chi connectivity index (χ0) is 8.91. The van der Waals surface area contributed by atoms with Crippen molar-refractivity contribution in [3.8, 4) is 0 Å². The average molecular weight is 208 g/mol. The summed E-state index contributed by atoms with van der Waals surface area (Å²) >= 11 is 4.18. The molecule has 0 spiro atoms. The van der Waals surface area contributed by atoms with Crippen LogP contribution in [0, 0.1) is 0 Å². The Hall–Kier alpha value is 0.744. The molecule has 68 valence electrons. The molecule has 1 atom stereocenters. The standard InChI is InChI=1S/C7H20OSSi2/c1-10(7-5-6-9)8-11(2,3)4/h9-10H,5-7H2,1-4H3. The van der Waals surface area contributed by atoms with E-state index in [2.05, 4.69) is 38.8 Å². The van der Waals surface area contributed by atoms with Crippen LogP contribution in [0.15, 0.2) is 0 Å². The van der Waals surface area contributed by atoms with Crippen LogP contribution in [0.3, 0.4) is 0 Å². The largest absolute Gasteiger partial charge is 0.458 e. The van der Waals surface area contributed by atoms with Crippen molar-refractivity contribution in [1.82, 2.24) is 0 Å². The maximum atomic E-state index is 5.98. The molecule has 0 radical (unpaired) electrons. The van der Waals surface area contributed by atoms with Crippen LogP contribution >= 0.6 is 12.6 Å². The van der Waals surface area contributed by atoms with Crippen molar-refractivity contribution < 1.29 is 4.12 Å². The Balaban J connectivity index is 3.44. The van der Waals surface area contributed by atoms with Gasteiger partial charge in [0.1, 0.15) is 0 Å². The first-order valence-electron chi connectivity index (χ1n) is 4.24. The summed E-state index contributed by atoms with van der Waals surface area (Å²) in [4.78, 5) is 0. The zero-order valence-electron chi connectivity index (χ0n) is 8.05. The lowest BCUT2D eigenvalue weighted by atomic mass is 10.6. The highest BCUT2D eigenvalue weighted by atomic mass is 32.1. The molecule has 0 aliphatic carbocycles. The maximum absolute atomic E-state index is 5.98. The lowest BCUT2D eigenvalue weighted by molar-refractivity contribution is 0.572. The van der Waals surface area contributed by atoms with Crippen molar-refractivity contribution in [2.75, 3.05) is 5.75 Å². The second-order valence-corrected chi connectivity index (χ2v) is 11.7. The zero-order valence-corrected chi connectivity index (χ0v) is 11.1. The van der Waals surface area contributed by atoms with Gasteiger partial charge in [-0.3, -0.25) is 0 Å². The van der Waals surface area contributed by atoms with E-state index in [0.717, 1.165) is 5.75 Å². The summed E-state index contributed by atoms with van der Waals surface area (Å²) < 4.78 is 5.98. The summed E-state index contributed by atoms with van der Waals surface area (Å²) in [5.74, 6) is 1.01. The fraction of sp³-hybridized carbons (Fsp3) is 1.00. The number of thiol groups is 1. The van der Waals surface area contributed by atoms with E-state index < -0.39 is 17.4 Å². The average Bonchev–Trinajstić information content (AvgIpc) is 1.79. The summed E-state index contributed by atoms with van der Waals surface area (Å²) in [6.07, 6.45) is 1.22. The van der Waals surface area contributed by atoms with Gasteiger partial charge in [0.2, 0.25) is 0 Å². The van der Waals surface area contributed by atoms with Crippen molar-refractivity contribution in [2.24, 2.45) is 0 Å². The Kier molecular flexibility index (Phi) is 5.77. The molecule has 0 aromatic rings. The summed E-state index contributed by atoms with van der Waals surface area (Å²) in [5.41, 5.74) is 0. The number of hydrogen-bond donors (Lipinski definition) is 1. The molecule has 1 nitrogen and oxygen atoms in total. The molecule has 0 amide bonds. The van der Waals surface area contributed by atoms with Gasteiger partial charge in [0.25, 0.3) is 0 Å². The van der Waals surface area contributed by atoms with E-state index >= 15 is 0 Å². The third-order valence-corrected chi connectivity index (χ3v) is 7.30. The van der Waals surface area contributed by atoms with Gasteiger partial charge in [-0.15, -0.1) is 0 Å². The minimum Gasteiger partial charge on any atom is -0.458 e. The Labute approximate surface area is 78.8 Å². The number of rotatable bonds is 5. The lowest BCUT2D eigenvalue weighted by Gasteiger charge is -2.22. The minimum atomic E-state index is -1.23. The molecule has 0 N–H and O–H groups in total. The Morgan fingerprint density at radius 3 is 2.27 bits per heavy atom. The smallest absolute Gasteiger partial charge is 0.170 e. The lowest BCUT2D eigenvalue weighted by Crippen LogP contribution is -2.32. The molecular formula is C7H20OSSi2. The molecule has 0 rings (SSSR count). The predicted molar refractivity (Wildman–Crippen MR) is 60.7 cm³/mol. The third kappa shape index (κ3) is 8.65. The highest BCUT2D eigenvalue weighted by molar-refractivity contribution is 7.80. The van der Waals surface area contributed by atoms with Crippen molar-refractivity contribution in [2.45, 2.75) is 38.7 Å². The monoisotopic (exact) mass is 208 g/mol. The highest BCUT2D eigenvalue weighted by Gasteiger charge is 2.17. The highest BCUT2D eigenvalue weighted by Crippen LogP contribution is 2.09. The first-order valence-corrected chi connectivity index (χ1v) is 10.7. The normalized spacial score (nSPS) is 15.0. The molecule has 0 saturated heterocycles. The molecule has 0 heterocycles. The van der Waals surface area contributed by atoms with Gasteiger partial charge in [-0.05, 0) is 44.4 Å². The molecule has 1 unspecified atom stereocenters. The van der Waals surface area contributed by atoms with Gasteiger partial charge in [-0.25, -0.2) is 0 Å². The Morgan fingerprint density at radius 1 is 1.36 bits per heavy atom. The predicted octanol–water partition coefficient (Wildman–Crippen LogP) is 2.51. The minimum absolute atomic E-state index is 0.832. The molecular weight excluding hydrogens is 188 g/mol. The molecule has 0 bridgehead atoms. The summed E-state index contributed by atoms with van der Waals surface area (Å²) in [5, 5.41) is 0. The SMILES string of the molecule is C[SiH](CCCS)O[Si](C)(C)C. The molecule has 0 saturated carbocycles. The van der Waals surface area contributed by atoms with E-state index in [9.17, 15) is 0 Å². The number of hydrogen-bond acceptors (Lipinski definition) is 2. The molecule has 0 aliphatic heterocycles. The van der Waals surface area contributed by atoms with Gasteiger partial charge in [0.15, 0.2) is 17.4 Å². The van der Waals surface area contributed by atoms with Gasteiger partial charge in [-0.2, -0.15) is 12.6 Å². The van der Waals surface area contributed by atoms with Crippen LogP contribution in [0.4, 0.5) is 0 Å². The summed E-state index contributed by atoms with van der Waals surface area (Å²) in [6.45, 7) is 9.08. The first kappa shape index (κ1) is 11.7. The quantitative estimate of drug-likeness (QED) is 0.540. The topological polar surface area (TPSA) is 9.23 Å². The van der Waals surface area contributed by atoms with E-state index in [1.165, 1.54) is 12.5 Å². The first-order chi connectivity index (χ1) is 4.95. The summed E-state index contributed by atoms with van der Waals surface area (Å²) in [6, 6.07) is 1.29. The van der Waals surface area contributed by atoms with Gasteiger partial charge < -0.3 is 4.12 Å². The van der Waals surface area contributed by atoms with E-state index in [0.29, 0.717) is 0 Å². The molecule has 0 aromatic heterocycles. The van der Waals surface area contributed by atoms with Gasteiger partial charge >= 0.3 is 0 Å². The van der Waals surface area contributed by atoms with Crippen LogP contribution < -0.4 is 0 Å². The van der Waals surface area contributed by atoms with E-state index in [4.69, 9.17) is 4.12 Å². The second-order valence-electron chi connectivity index (χ2n) is 3.91. The van der Waals surface area contributed by atoms with E-state index in [-0.39, 0.29) is 0 Å². The molecule has 0 fully saturated rings. The molecule has 0 aromatic carbocycles. The van der Waals surface area contributed by atoms with Crippen LogP contribution in [0.2, 0.25) is 32.2 Å². The van der Waals surface area contributed by atoms with Crippen molar-refractivity contribution in [1.29, 1.82) is 0 Å². The van der Waals surface area contributed by atoms with Crippen molar-refractivity contribution >= 4 is 30.0 Å². The van der Waals surface area contributed by atoms with Crippen LogP contribution in [0.5, 0.6) is 0 Å². The van der Waals surface area contributed by atoms with Crippen molar-refractivity contribution in [3.05, 3.63) is 0 Å². The van der Waals surface area contributed by atoms with Crippen molar-refractivity contribution in [3.63, 3.8) is 0 Å². The molecule has 0 aliphatic rings. The van der Waals surface area contributed by atoms with Gasteiger partial charge in [0, 0.05) is 0 Å². The second kappa shape index (κ2) is 5.40. The Bertz CT molecular complexity index is 103. The fourth-order valence-corrected chi connectivity index (χ4v) is 7.65. The Morgan fingerprint density at radius 2 is 1.91 bits per heavy atom. The van der Waals surface area contributed by atoms with Gasteiger partial charge in [-0.1, -0.05) is 0 Å². The summed E-state index contributed by atoms with van der Waals surface area (Å²) in [7, 11) is -2.07. The van der Waals surface area contributed by atoms with E-state index in [1.807, 2.05) is 0 Å². The van der Waals surface area contributed by atoms with Crippen LogP contribution in [0.1, 0.15) is 6.42 Å². The van der Waals surface area contributed by atoms with E-state index in [1.54, 1.807) is 0 Å². The third-order valence-electron chi connectivity index (χ3n) is 1.32. The van der Waals surface area contributed by atoms with Gasteiger partial charge in [0.05, 0.1) is 0 Å². The molecule has 11 heavy (non-hydrogen) atoms. The van der Waals surface area contributed by atoms with Crippen LogP contribution in [0.25, 0.3) is 0 Å². The molecule has 4 heteroatoms. The van der Waals surface area contributed by atoms with Crippen LogP contribution in [-0.2, 0) is 4.12 Å². The fourth-order valence-electron chi connectivity index (χ4n) is 1.04.